The zero-order valence-electron chi connectivity index (χ0n) is 9.06. The van der Waals surface area contributed by atoms with Gasteiger partial charge in [-0.05, 0) is 19.4 Å². The second kappa shape index (κ2) is 4.07. The van der Waals surface area contributed by atoms with Crippen molar-refractivity contribution in [2.24, 2.45) is 0 Å². The van der Waals surface area contributed by atoms with Crippen molar-refractivity contribution in [1.82, 2.24) is 20.2 Å². The molecule has 0 amide bonds. The summed E-state index contributed by atoms with van der Waals surface area (Å²) in [7, 11) is 0. The Morgan fingerprint density at radius 1 is 1.31 bits per heavy atom. The molecule has 3 rings (SSSR count). The fourth-order valence-electron chi connectivity index (χ4n) is 2.75. The van der Waals surface area contributed by atoms with E-state index in [0.717, 1.165) is 18.9 Å². The minimum absolute atomic E-state index is 0.164. The van der Waals surface area contributed by atoms with E-state index in [1.165, 1.54) is 31.8 Å². The minimum atomic E-state index is -0.372. The van der Waals surface area contributed by atoms with Gasteiger partial charge >= 0.3 is 0 Å². The van der Waals surface area contributed by atoms with Gasteiger partial charge in [0.2, 0.25) is 0 Å². The molecule has 4 nitrogen and oxygen atoms in total. The summed E-state index contributed by atoms with van der Waals surface area (Å²) in [6, 6.07) is 0.649. The van der Waals surface area contributed by atoms with E-state index < -0.39 is 0 Å². The van der Waals surface area contributed by atoms with Gasteiger partial charge < -0.3 is 5.32 Å². The first-order valence-electron chi connectivity index (χ1n) is 5.79. The molecule has 86 valence electrons. The maximum absolute atomic E-state index is 12.8. The Bertz CT molecular complexity index is 367. The van der Waals surface area contributed by atoms with Gasteiger partial charge in [-0.25, -0.2) is 14.4 Å². The van der Waals surface area contributed by atoms with Crippen LogP contribution in [0.3, 0.4) is 0 Å². The van der Waals surface area contributed by atoms with Gasteiger partial charge in [0.05, 0.1) is 18.4 Å². The van der Waals surface area contributed by atoms with Crippen LogP contribution in [0.25, 0.3) is 0 Å². The van der Waals surface area contributed by atoms with Crippen LogP contribution in [0.15, 0.2) is 12.4 Å². The highest BCUT2D eigenvalue weighted by Gasteiger charge is 2.36. The Morgan fingerprint density at radius 2 is 2.12 bits per heavy atom. The number of halogens is 1. The lowest BCUT2D eigenvalue weighted by Crippen LogP contribution is -2.50. The molecule has 1 aromatic rings. The highest BCUT2D eigenvalue weighted by molar-refractivity contribution is 5.05. The number of fused-ring (bicyclic) bond motifs is 1. The van der Waals surface area contributed by atoms with Crippen LogP contribution in [-0.4, -0.2) is 40.5 Å². The lowest BCUT2D eigenvalue weighted by atomic mass is 10.0. The summed E-state index contributed by atoms with van der Waals surface area (Å²) in [4.78, 5) is 10.7. The lowest BCUT2D eigenvalue weighted by Gasteiger charge is -2.36. The summed E-state index contributed by atoms with van der Waals surface area (Å²) in [6.07, 6.45) is 4.91. The molecule has 2 saturated heterocycles. The fraction of sp³-hybridized carbons (Fsp3) is 0.636. The molecule has 0 spiro atoms. The van der Waals surface area contributed by atoms with E-state index in [1.807, 2.05) is 0 Å². The third-order valence-electron chi connectivity index (χ3n) is 3.48. The van der Waals surface area contributed by atoms with Crippen molar-refractivity contribution >= 4 is 0 Å². The molecule has 0 bridgehead atoms. The molecular weight excluding hydrogens is 207 g/mol. The number of piperazine rings is 1. The Balaban J connectivity index is 1.85. The van der Waals surface area contributed by atoms with Crippen LogP contribution in [0.5, 0.6) is 0 Å². The lowest BCUT2D eigenvalue weighted by molar-refractivity contribution is 0.158. The summed E-state index contributed by atoms with van der Waals surface area (Å²) in [6.45, 7) is 3.23. The predicted octanol–water partition coefficient (Wildman–Crippen LogP) is 0.724. The third kappa shape index (κ3) is 1.70. The summed E-state index contributed by atoms with van der Waals surface area (Å²) in [5, 5.41) is 3.44. The van der Waals surface area contributed by atoms with E-state index in [0.29, 0.717) is 6.04 Å². The molecule has 2 aliphatic heterocycles. The standard InChI is InChI=1S/C11H15FN4/c12-8-6-14-11(15-7-8)10-9-2-1-4-16(9)5-3-13-10/h6-7,9-10,13H,1-5H2. The third-order valence-corrected chi connectivity index (χ3v) is 3.48. The van der Waals surface area contributed by atoms with Crippen LogP contribution >= 0.6 is 0 Å². The first-order chi connectivity index (χ1) is 7.84. The van der Waals surface area contributed by atoms with Gasteiger partial charge in [0.1, 0.15) is 5.82 Å². The quantitative estimate of drug-likeness (QED) is 0.760. The van der Waals surface area contributed by atoms with Crippen molar-refractivity contribution in [3.63, 3.8) is 0 Å². The molecule has 2 aliphatic rings. The van der Waals surface area contributed by atoms with Crippen LogP contribution in [-0.2, 0) is 0 Å². The van der Waals surface area contributed by atoms with Gasteiger partial charge in [0, 0.05) is 19.1 Å². The second-order valence-corrected chi connectivity index (χ2v) is 4.44. The molecule has 16 heavy (non-hydrogen) atoms. The molecule has 1 N–H and O–H groups in total. The molecule has 5 heteroatoms. The van der Waals surface area contributed by atoms with Crippen molar-refractivity contribution in [1.29, 1.82) is 0 Å². The first kappa shape index (κ1) is 10.1. The van der Waals surface area contributed by atoms with Crippen molar-refractivity contribution in [2.45, 2.75) is 24.9 Å². The van der Waals surface area contributed by atoms with E-state index in [-0.39, 0.29) is 11.9 Å². The van der Waals surface area contributed by atoms with Gasteiger partial charge in [-0.2, -0.15) is 0 Å². The van der Waals surface area contributed by atoms with Crippen LogP contribution in [0.1, 0.15) is 24.7 Å². The Hall–Kier alpha value is -1.07. The number of aromatic nitrogens is 2. The van der Waals surface area contributed by atoms with Crippen LogP contribution in [0.4, 0.5) is 4.39 Å². The monoisotopic (exact) mass is 222 g/mol. The van der Waals surface area contributed by atoms with Crippen molar-refractivity contribution in [3.05, 3.63) is 24.0 Å². The average Bonchev–Trinajstić information content (AvgIpc) is 2.78. The minimum Gasteiger partial charge on any atom is -0.305 e. The maximum atomic E-state index is 12.8. The molecule has 1 aromatic heterocycles. The first-order valence-corrected chi connectivity index (χ1v) is 5.79. The van der Waals surface area contributed by atoms with Gasteiger partial charge in [0.25, 0.3) is 0 Å². The van der Waals surface area contributed by atoms with Crippen LogP contribution in [0, 0.1) is 5.82 Å². The predicted molar refractivity (Wildman–Crippen MR) is 57.3 cm³/mol. The number of hydrogen-bond acceptors (Lipinski definition) is 4. The van der Waals surface area contributed by atoms with E-state index in [1.54, 1.807) is 0 Å². The number of rotatable bonds is 1. The molecule has 2 fully saturated rings. The van der Waals surface area contributed by atoms with Crippen molar-refractivity contribution in [3.8, 4) is 0 Å². The molecule has 2 atom stereocenters. The number of nitrogens with one attached hydrogen (secondary N) is 1. The molecular formula is C11H15FN4. The molecule has 0 radical (unpaired) electrons. The van der Waals surface area contributed by atoms with Gasteiger partial charge in [0.15, 0.2) is 5.82 Å². The smallest absolute Gasteiger partial charge is 0.159 e. The SMILES string of the molecule is Fc1cnc(C2NCCN3CCCC23)nc1. The molecule has 2 unspecified atom stereocenters. The fourth-order valence-corrected chi connectivity index (χ4v) is 2.75. The van der Waals surface area contributed by atoms with Gasteiger partial charge in [-0.15, -0.1) is 0 Å². The average molecular weight is 222 g/mol. The van der Waals surface area contributed by atoms with E-state index >= 15 is 0 Å². The zero-order valence-corrected chi connectivity index (χ0v) is 9.06. The van der Waals surface area contributed by atoms with Crippen LogP contribution < -0.4 is 5.32 Å². The van der Waals surface area contributed by atoms with E-state index in [2.05, 4.69) is 20.2 Å². The molecule has 0 aromatic carbocycles. The highest BCUT2D eigenvalue weighted by Crippen LogP contribution is 2.29. The molecule has 3 heterocycles. The summed E-state index contributed by atoms with van der Waals surface area (Å²) < 4.78 is 12.8. The molecule has 0 aliphatic carbocycles. The Labute approximate surface area is 93.9 Å². The normalized spacial score (nSPS) is 30.3. The molecule has 0 saturated carbocycles. The summed E-state index contributed by atoms with van der Waals surface area (Å²) in [5.41, 5.74) is 0. The van der Waals surface area contributed by atoms with E-state index in [4.69, 9.17) is 0 Å². The summed E-state index contributed by atoms with van der Waals surface area (Å²) in [5.74, 6) is 0.348. The largest absolute Gasteiger partial charge is 0.305 e. The second-order valence-electron chi connectivity index (χ2n) is 4.44. The summed E-state index contributed by atoms with van der Waals surface area (Å²) >= 11 is 0. The van der Waals surface area contributed by atoms with Crippen molar-refractivity contribution < 1.29 is 4.39 Å². The highest BCUT2D eigenvalue weighted by atomic mass is 19.1. The van der Waals surface area contributed by atoms with E-state index in [9.17, 15) is 4.39 Å². The number of nitrogens with zero attached hydrogens (tertiary/aromatic N) is 3. The Morgan fingerprint density at radius 3 is 2.94 bits per heavy atom. The van der Waals surface area contributed by atoms with Gasteiger partial charge in [-0.1, -0.05) is 0 Å². The van der Waals surface area contributed by atoms with Crippen molar-refractivity contribution in [2.75, 3.05) is 19.6 Å². The Kier molecular flexibility index (Phi) is 2.57. The zero-order chi connectivity index (χ0) is 11.0. The van der Waals surface area contributed by atoms with Gasteiger partial charge in [-0.3, -0.25) is 4.90 Å². The topological polar surface area (TPSA) is 41.1 Å². The number of hydrogen-bond donors (Lipinski definition) is 1. The van der Waals surface area contributed by atoms with Crippen LogP contribution in [0.2, 0.25) is 0 Å². The maximum Gasteiger partial charge on any atom is 0.159 e.